The molecular weight excluding hydrogens is 240 g/mol. The van der Waals surface area contributed by atoms with Gasteiger partial charge in [-0.15, -0.1) is 0 Å². The molecule has 1 aliphatic heterocycles. The summed E-state index contributed by atoms with van der Waals surface area (Å²) in [6.07, 6.45) is 0. The van der Waals surface area contributed by atoms with E-state index in [1.807, 2.05) is 0 Å². The highest BCUT2D eigenvalue weighted by molar-refractivity contribution is 9.10. The molecule has 1 aliphatic rings. The Morgan fingerprint density at radius 2 is 1.93 bits per heavy atom. The average Bonchev–Trinajstić information content (AvgIpc) is 2.14. The van der Waals surface area contributed by atoms with Crippen LogP contribution in [0.2, 0.25) is 0 Å². The summed E-state index contributed by atoms with van der Waals surface area (Å²) in [5, 5.41) is 0. The van der Waals surface area contributed by atoms with E-state index in [1.54, 1.807) is 0 Å². The van der Waals surface area contributed by atoms with Crippen LogP contribution in [-0.4, -0.2) is 31.6 Å². The zero-order valence-electron chi connectivity index (χ0n) is 8.33. The average molecular weight is 255 g/mol. The number of nitrogens with zero attached hydrogens (tertiary/aromatic N) is 1. The minimum absolute atomic E-state index is 0.204. The van der Waals surface area contributed by atoms with E-state index >= 15 is 0 Å². The zero-order valence-corrected chi connectivity index (χ0v) is 9.92. The monoisotopic (exact) mass is 254 g/mol. The summed E-state index contributed by atoms with van der Waals surface area (Å²) < 4.78 is 1.13. The molecule has 14 heavy (non-hydrogen) atoms. The van der Waals surface area contributed by atoms with Crippen molar-refractivity contribution in [1.82, 2.24) is 4.90 Å². The molecule has 2 N–H and O–H groups in total. The second kappa shape index (κ2) is 3.65. The molecule has 0 spiro atoms. The maximum atomic E-state index is 5.86. The van der Waals surface area contributed by atoms with E-state index in [1.165, 1.54) is 5.56 Å². The fourth-order valence-corrected chi connectivity index (χ4v) is 2.48. The van der Waals surface area contributed by atoms with E-state index in [4.69, 9.17) is 5.73 Å². The Kier molecular flexibility index (Phi) is 2.64. The summed E-state index contributed by atoms with van der Waals surface area (Å²) in [6.45, 7) is 2.88. The second-order valence-electron chi connectivity index (χ2n) is 4.16. The molecule has 1 aromatic carbocycles. The Balaban J connectivity index is 2.25. The largest absolute Gasteiger partial charge is 0.329 e. The Morgan fingerprint density at radius 1 is 1.36 bits per heavy atom. The summed E-state index contributed by atoms with van der Waals surface area (Å²) in [4.78, 5) is 2.30. The summed E-state index contributed by atoms with van der Waals surface area (Å²) in [5.41, 5.74) is 7.43. The standard InChI is InChI=1S/C11H15BrN2/c1-14-7-11(6-13,8-14)9-2-4-10(12)5-3-9/h2-5H,6-8,13H2,1H3. The fraction of sp³-hybridized carbons (Fsp3) is 0.455. The van der Waals surface area contributed by atoms with Crippen LogP contribution in [0.25, 0.3) is 0 Å². The van der Waals surface area contributed by atoms with Gasteiger partial charge in [-0.3, -0.25) is 0 Å². The molecule has 0 saturated carbocycles. The van der Waals surface area contributed by atoms with Crippen molar-refractivity contribution in [1.29, 1.82) is 0 Å². The molecule has 1 aromatic rings. The van der Waals surface area contributed by atoms with Gasteiger partial charge in [-0.2, -0.15) is 0 Å². The molecule has 2 nitrogen and oxygen atoms in total. The van der Waals surface area contributed by atoms with Crippen LogP contribution in [0.3, 0.4) is 0 Å². The molecule has 0 amide bonds. The van der Waals surface area contributed by atoms with Crippen molar-refractivity contribution >= 4 is 15.9 Å². The Bertz CT molecular complexity index is 315. The first-order valence-corrected chi connectivity index (χ1v) is 5.60. The van der Waals surface area contributed by atoms with Crippen LogP contribution in [0, 0.1) is 0 Å². The highest BCUT2D eigenvalue weighted by Crippen LogP contribution is 2.33. The summed E-state index contributed by atoms with van der Waals surface area (Å²) in [6, 6.07) is 8.52. The van der Waals surface area contributed by atoms with Gasteiger partial charge in [0.05, 0.1) is 0 Å². The van der Waals surface area contributed by atoms with Crippen molar-refractivity contribution in [2.24, 2.45) is 5.73 Å². The minimum Gasteiger partial charge on any atom is -0.329 e. The fourth-order valence-electron chi connectivity index (χ4n) is 2.22. The van der Waals surface area contributed by atoms with Crippen molar-refractivity contribution in [3.05, 3.63) is 34.3 Å². The van der Waals surface area contributed by atoms with Crippen molar-refractivity contribution < 1.29 is 0 Å². The minimum atomic E-state index is 0.204. The topological polar surface area (TPSA) is 29.3 Å². The van der Waals surface area contributed by atoms with Crippen LogP contribution < -0.4 is 5.73 Å². The maximum Gasteiger partial charge on any atom is 0.0329 e. The number of likely N-dealkylation sites (tertiary alicyclic amines) is 1. The number of likely N-dealkylation sites (N-methyl/N-ethyl adjacent to an activating group) is 1. The highest BCUT2D eigenvalue weighted by atomic mass is 79.9. The maximum absolute atomic E-state index is 5.86. The van der Waals surface area contributed by atoms with Crippen LogP contribution in [0.4, 0.5) is 0 Å². The van der Waals surface area contributed by atoms with E-state index in [0.717, 1.165) is 24.1 Å². The first-order chi connectivity index (χ1) is 6.66. The van der Waals surface area contributed by atoms with Gasteiger partial charge in [0, 0.05) is 29.5 Å². The Hall–Kier alpha value is -0.380. The van der Waals surface area contributed by atoms with Crippen molar-refractivity contribution in [2.45, 2.75) is 5.41 Å². The van der Waals surface area contributed by atoms with E-state index in [-0.39, 0.29) is 5.41 Å². The summed E-state index contributed by atoms with van der Waals surface area (Å²) >= 11 is 3.44. The molecule has 0 radical (unpaired) electrons. The van der Waals surface area contributed by atoms with Gasteiger partial charge < -0.3 is 10.6 Å². The molecule has 0 atom stereocenters. The van der Waals surface area contributed by atoms with Crippen molar-refractivity contribution in [3.8, 4) is 0 Å². The Labute approximate surface area is 93.2 Å². The van der Waals surface area contributed by atoms with Gasteiger partial charge >= 0.3 is 0 Å². The van der Waals surface area contributed by atoms with Crippen molar-refractivity contribution in [2.75, 3.05) is 26.7 Å². The molecule has 0 unspecified atom stereocenters. The zero-order chi connectivity index (χ0) is 10.2. The van der Waals surface area contributed by atoms with Gasteiger partial charge in [0.2, 0.25) is 0 Å². The lowest BCUT2D eigenvalue weighted by Gasteiger charge is -2.48. The molecule has 0 aromatic heterocycles. The quantitative estimate of drug-likeness (QED) is 0.869. The van der Waals surface area contributed by atoms with Gasteiger partial charge in [-0.1, -0.05) is 28.1 Å². The van der Waals surface area contributed by atoms with Gasteiger partial charge in [-0.25, -0.2) is 0 Å². The number of rotatable bonds is 2. The predicted octanol–water partition coefficient (Wildman–Crippen LogP) is 1.59. The van der Waals surface area contributed by atoms with Gasteiger partial charge in [0.15, 0.2) is 0 Å². The molecule has 2 rings (SSSR count). The predicted molar refractivity (Wildman–Crippen MR) is 62.4 cm³/mol. The third kappa shape index (κ3) is 1.60. The first-order valence-electron chi connectivity index (χ1n) is 4.81. The second-order valence-corrected chi connectivity index (χ2v) is 5.08. The number of benzene rings is 1. The van der Waals surface area contributed by atoms with Gasteiger partial charge in [0.25, 0.3) is 0 Å². The van der Waals surface area contributed by atoms with Gasteiger partial charge in [0.1, 0.15) is 0 Å². The number of halogens is 1. The third-order valence-corrected chi connectivity index (χ3v) is 3.52. The number of nitrogens with two attached hydrogens (primary N) is 1. The molecule has 0 aliphatic carbocycles. The normalized spacial score (nSPS) is 20.5. The smallest absolute Gasteiger partial charge is 0.0329 e. The van der Waals surface area contributed by atoms with Crippen LogP contribution in [-0.2, 0) is 5.41 Å². The van der Waals surface area contributed by atoms with Gasteiger partial charge in [-0.05, 0) is 24.7 Å². The number of hydrogen-bond acceptors (Lipinski definition) is 2. The highest BCUT2D eigenvalue weighted by Gasteiger charge is 2.41. The third-order valence-electron chi connectivity index (χ3n) is 2.99. The van der Waals surface area contributed by atoms with Crippen LogP contribution in [0.1, 0.15) is 5.56 Å². The molecule has 1 heterocycles. The van der Waals surface area contributed by atoms with E-state index in [2.05, 4.69) is 52.1 Å². The SMILES string of the molecule is CN1CC(CN)(c2ccc(Br)cc2)C1. The van der Waals surface area contributed by atoms with Crippen LogP contribution in [0.5, 0.6) is 0 Å². The Morgan fingerprint density at radius 3 is 2.36 bits per heavy atom. The molecule has 76 valence electrons. The lowest BCUT2D eigenvalue weighted by molar-refractivity contribution is 0.100. The summed E-state index contributed by atoms with van der Waals surface area (Å²) in [5.74, 6) is 0. The summed E-state index contributed by atoms with van der Waals surface area (Å²) in [7, 11) is 2.13. The lowest BCUT2D eigenvalue weighted by Crippen LogP contribution is -2.61. The lowest BCUT2D eigenvalue weighted by atomic mass is 9.74. The van der Waals surface area contributed by atoms with E-state index < -0.39 is 0 Å². The van der Waals surface area contributed by atoms with Crippen LogP contribution in [0.15, 0.2) is 28.7 Å². The molecule has 1 fully saturated rings. The van der Waals surface area contributed by atoms with E-state index in [9.17, 15) is 0 Å². The number of hydrogen-bond donors (Lipinski definition) is 1. The van der Waals surface area contributed by atoms with E-state index in [0.29, 0.717) is 0 Å². The molecule has 0 bridgehead atoms. The molecule has 3 heteroatoms. The van der Waals surface area contributed by atoms with Crippen molar-refractivity contribution in [3.63, 3.8) is 0 Å². The first kappa shape index (κ1) is 10.1. The molecular formula is C11H15BrN2. The molecule has 1 saturated heterocycles. The van der Waals surface area contributed by atoms with Crippen LogP contribution >= 0.6 is 15.9 Å².